The first-order chi connectivity index (χ1) is 15.7. The van der Waals surface area contributed by atoms with Gasteiger partial charge in [0.1, 0.15) is 6.61 Å². The summed E-state index contributed by atoms with van der Waals surface area (Å²) in [6, 6.07) is 12.8. The Bertz CT molecular complexity index is 1020. The molecule has 178 valence electrons. The van der Waals surface area contributed by atoms with Crippen molar-refractivity contribution in [2.24, 2.45) is 16.7 Å². The number of halogens is 1. The van der Waals surface area contributed by atoms with Gasteiger partial charge in [0.05, 0.1) is 11.1 Å². The zero-order chi connectivity index (χ0) is 23.3. The number of nitrogens with one attached hydrogen (secondary N) is 1. The van der Waals surface area contributed by atoms with Crippen LogP contribution in [0.2, 0.25) is 0 Å². The third kappa shape index (κ3) is 4.84. The number of hydrogen-bond donors (Lipinski definition) is 1. The van der Waals surface area contributed by atoms with Gasteiger partial charge in [-0.25, -0.2) is 0 Å². The minimum absolute atomic E-state index is 0.293. The minimum atomic E-state index is 0.293. The molecule has 4 saturated carbocycles. The Balaban J connectivity index is 1.32. The van der Waals surface area contributed by atoms with Crippen molar-refractivity contribution in [1.82, 2.24) is 5.32 Å². The first-order valence-corrected chi connectivity index (χ1v) is 13.4. The highest BCUT2D eigenvalue weighted by molar-refractivity contribution is 9.10. The minimum Gasteiger partial charge on any atom is -0.490 e. The maximum absolute atomic E-state index is 6.23. The van der Waals surface area contributed by atoms with E-state index in [1.807, 2.05) is 6.92 Å². The molecule has 2 unspecified atom stereocenters. The Morgan fingerprint density at radius 1 is 0.970 bits per heavy atom. The van der Waals surface area contributed by atoms with Crippen LogP contribution in [0.15, 0.2) is 40.9 Å². The first kappa shape index (κ1) is 23.2. The van der Waals surface area contributed by atoms with E-state index in [0.29, 0.717) is 29.6 Å². The molecule has 0 amide bonds. The molecule has 0 aromatic heterocycles. The van der Waals surface area contributed by atoms with E-state index in [2.05, 4.69) is 78.4 Å². The van der Waals surface area contributed by atoms with Gasteiger partial charge >= 0.3 is 0 Å². The van der Waals surface area contributed by atoms with E-state index in [0.717, 1.165) is 28.4 Å². The molecule has 4 aliphatic rings. The highest BCUT2D eigenvalue weighted by Gasteiger charge is 2.59. The van der Waals surface area contributed by atoms with Crippen LogP contribution in [0, 0.1) is 23.7 Å². The largest absolute Gasteiger partial charge is 0.490 e. The SMILES string of the molecule is CCOc1cc(CNC23CC4CC(C)(CC(C)(C4)C2)C3)cc(Br)c1OCc1cccc(C)c1. The van der Waals surface area contributed by atoms with Crippen molar-refractivity contribution in [1.29, 1.82) is 0 Å². The monoisotopic (exact) mass is 511 g/mol. The standard InChI is InChI=1S/C29H38BrNO2/c1-5-32-25-11-22(10-24(30)26(25)33-16-21-8-6-7-20(2)9-21)15-31-29-14-23-12-27(3,18-29)17-28(4,13-23)19-29/h6-11,23,31H,5,12-19H2,1-4H3. The van der Waals surface area contributed by atoms with E-state index >= 15 is 0 Å². The van der Waals surface area contributed by atoms with E-state index in [-0.39, 0.29) is 0 Å². The fourth-order valence-electron chi connectivity index (χ4n) is 8.02. The smallest absolute Gasteiger partial charge is 0.175 e. The topological polar surface area (TPSA) is 30.5 Å². The third-order valence-electron chi connectivity index (χ3n) is 8.13. The van der Waals surface area contributed by atoms with Crippen molar-refractivity contribution >= 4 is 15.9 Å². The number of ether oxygens (including phenoxy) is 2. The Kier molecular flexibility index (Phi) is 6.06. The lowest BCUT2D eigenvalue weighted by Crippen LogP contribution is -2.63. The molecule has 0 saturated heterocycles. The average Bonchev–Trinajstić information content (AvgIpc) is 2.69. The number of rotatable bonds is 8. The summed E-state index contributed by atoms with van der Waals surface area (Å²) < 4.78 is 13.2. The van der Waals surface area contributed by atoms with Crippen LogP contribution >= 0.6 is 15.9 Å². The molecule has 1 N–H and O–H groups in total. The normalized spacial score (nSPS) is 32.2. The molecule has 2 aromatic rings. The van der Waals surface area contributed by atoms with Gasteiger partial charge in [0.2, 0.25) is 0 Å². The summed E-state index contributed by atoms with van der Waals surface area (Å²) in [7, 11) is 0. The van der Waals surface area contributed by atoms with Crippen LogP contribution in [0.5, 0.6) is 11.5 Å². The molecule has 4 heteroatoms. The van der Waals surface area contributed by atoms with Crippen LogP contribution < -0.4 is 14.8 Å². The Morgan fingerprint density at radius 3 is 2.39 bits per heavy atom. The van der Waals surface area contributed by atoms with Crippen LogP contribution in [0.1, 0.15) is 76.0 Å². The van der Waals surface area contributed by atoms with Crippen molar-refractivity contribution in [2.45, 2.75) is 84.9 Å². The fourth-order valence-corrected chi connectivity index (χ4v) is 8.62. The predicted molar refractivity (Wildman–Crippen MR) is 138 cm³/mol. The highest BCUT2D eigenvalue weighted by Crippen LogP contribution is 2.66. The molecule has 0 radical (unpaired) electrons. The summed E-state index contributed by atoms with van der Waals surface area (Å²) >= 11 is 3.77. The molecule has 0 aliphatic heterocycles. The average molecular weight is 513 g/mol. The summed E-state index contributed by atoms with van der Waals surface area (Å²) in [6.07, 6.45) is 8.26. The fraction of sp³-hybridized carbons (Fsp3) is 0.586. The molecular weight excluding hydrogens is 474 g/mol. The van der Waals surface area contributed by atoms with E-state index < -0.39 is 0 Å². The molecule has 4 fully saturated rings. The Labute approximate surface area is 207 Å². The summed E-state index contributed by atoms with van der Waals surface area (Å²) in [5.74, 6) is 2.50. The molecule has 2 atom stereocenters. The van der Waals surface area contributed by atoms with Crippen molar-refractivity contribution in [2.75, 3.05) is 6.61 Å². The van der Waals surface area contributed by atoms with E-state index in [9.17, 15) is 0 Å². The lowest BCUT2D eigenvalue weighted by atomic mass is 9.43. The summed E-state index contributed by atoms with van der Waals surface area (Å²) in [6.45, 7) is 11.2. The lowest BCUT2D eigenvalue weighted by molar-refractivity contribution is -0.118. The van der Waals surface area contributed by atoms with Crippen LogP contribution in [0.4, 0.5) is 0 Å². The van der Waals surface area contributed by atoms with Gasteiger partial charge in [0.15, 0.2) is 11.5 Å². The third-order valence-corrected chi connectivity index (χ3v) is 8.72. The molecule has 4 bridgehead atoms. The second-order valence-electron chi connectivity index (χ2n) is 11.9. The van der Waals surface area contributed by atoms with Gasteiger partial charge in [-0.05, 0) is 108 Å². The second-order valence-corrected chi connectivity index (χ2v) is 12.7. The molecule has 4 aliphatic carbocycles. The van der Waals surface area contributed by atoms with Crippen LogP contribution in [0.3, 0.4) is 0 Å². The second kappa shape index (κ2) is 8.61. The van der Waals surface area contributed by atoms with Crippen LogP contribution in [-0.2, 0) is 13.2 Å². The summed E-state index contributed by atoms with van der Waals surface area (Å²) in [5.41, 5.74) is 4.99. The van der Waals surface area contributed by atoms with E-state index in [1.165, 1.54) is 55.2 Å². The molecular formula is C29H38BrNO2. The van der Waals surface area contributed by atoms with Gasteiger partial charge in [-0.1, -0.05) is 43.7 Å². The Morgan fingerprint density at radius 2 is 1.73 bits per heavy atom. The molecule has 0 spiro atoms. The number of benzene rings is 2. The van der Waals surface area contributed by atoms with E-state index in [4.69, 9.17) is 9.47 Å². The van der Waals surface area contributed by atoms with Crippen molar-refractivity contribution in [3.05, 3.63) is 57.6 Å². The zero-order valence-corrected chi connectivity index (χ0v) is 22.2. The van der Waals surface area contributed by atoms with Crippen LogP contribution in [-0.4, -0.2) is 12.1 Å². The zero-order valence-electron chi connectivity index (χ0n) is 20.6. The molecule has 3 nitrogen and oxygen atoms in total. The van der Waals surface area contributed by atoms with Gasteiger partial charge in [-0.15, -0.1) is 0 Å². The van der Waals surface area contributed by atoms with Crippen molar-refractivity contribution in [3.63, 3.8) is 0 Å². The van der Waals surface area contributed by atoms with Crippen molar-refractivity contribution < 1.29 is 9.47 Å². The number of aryl methyl sites for hydroxylation is 1. The van der Waals surface area contributed by atoms with E-state index in [1.54, 1.807) is 0 Å². The summed E-state index contributed by atoms with van der Waals surface area (Å²) in [5, 5.41) is 4.06. The maximum atomic E-state index is 6.23. The van der Waals surface area contributed by atoms with Gasteiger partial charge in [-0.2, -0.15) is 0 Å². The predicted octanol–water partition coefficient (Wildman–Crippen LogP) is 7.57. The van der Waals surface area contributed by atoms with Crippen molar-refractivity contribution in [3.8, 4) is 11.5 Å². The quantitative estimate of drug-likeness (QED) is 0.396. The van der Waals surface area contributed by atoms with Crippen LogP contribution in [0.25, 0.3) is 0 Å². The molecule has 33 heavy (non-hydrogen) atoms. The molecule has 0 heterocycles. The number of hydrogen-bond acceptors (Lipinski definition) is 3. The van der Waals surface area contributed by atoms with Gasteiger partial charge < -0.3 is 14.8 Å². The van der Waals surface area contributed by atoms with Gasteiger partial charge in [0.25, 0.3) is 0 Å². The maximum Gasteiger partial charge on any atom is 0.175 e. The van der Waals surface area contributed by atoms with Gasteiger partial charge in [0, 0.05) is 12.1 Å². The molecule has 2 aromatic carbocycles. The molecule has 6 rings (SSSR count). The van der Waals surface area contributed by atoms with Gasteiger partial charge in [-0.3, -0.25) is 0 Å². The lowest BCUT2D eigenvalue weighted by Gasteiger charge is -2.65. The summed E-state index contributed by atoms with van der Waals surface area (Å²) in [4.78, 5) is 0. The Hall–Kier alpha value is -1.52. The highest BCUT2D eigenvalue weighted by atomic mass is 79.9. The first-order valence-electron chi connectivity index (χ1n) is 12.6.